The Hall–Kier alpha value is -1.95. The third-order valence-corrected chi connectivity index (χ3v) is 3.70. The maximum atomic E-state index is 10.1. The van der Waals surface area contributed by atoms with Crippen molar-refractivity contribution < 1.29 is 5.11 Å². The van der Waals surface area contributed by atoms with Gasteiger partial charge in [0.1, 0.15) is 11.4 Å². The summed E-state index contributed by atoms with van der Waals surface area (Å²) in [5, 5.41) is 18.2. The lowest BCUT2D eigenvalue weighted by molar-refractivity contribution is 0.476. The van der Waals surface area contributed by atoms with E-state index in [4.69, 9.17) is 0 Å². The number of pyridine rings is 1. The van der Waals surface area contributed by atoms with E-state index in [0.29, 0.717) is 11.5 Å². The van der Waals surface area contributed by atoms with Crippen LogP contribution in [0.3, 0.4) is 0 Å². The third-order valence-electron chi connectivity index (χ3n) is 3.08. The molecule has 110 valence electrons. The van der Waals surface area contributed by atoms with Crippen LogP contribution in [0.15, 0.2) is 51.2 Å². The van der Waals surface area contributed by atoms with Gasteiger partial charge in [-0.2, -0.15) is 0 Å². The Morgan fingerprint density at radius 3 is 2.57 bits per heavy atom. The largest absolute Gasteiger partial charge is 0.506 e. The number of aromatic nitrogens is 1. The van der Waals surface area contributed by atoms with Crippen molar-refractivity contribution in [3.8, 4) is 5.75 Å². The quantitative estimate of drug-likeness (QED) is 0.788. The average Bonchev–Trinajstić information content (AvgIpc) is 2.49. The van der Waals surface area contributed by atoms with E-state index >= 15 is 0 Å². The standard InChI is InChI=1S/C15H17BrN4O/c1-3-20(4-2)11-7-8-13(14(21)10-11)18-19-15-12(16)6-5-9-17-15/h5-10,21H,3-4H2,1-2H3. The summed E-state index contributed by atoms with van der Waals surface area (Å²) in [5.74, 6) is 0.583. The lowest BCUT2D eigenvalue weighted by atomic mass is 10.2. The second kappa shape index (κ2) is 7.17. The van der Waals surface area contributed by atoms with E-state index in [1.165, 1.54) is 0 Å². The molecule has 0 aliphatic rings. The number of azo groups is 1. The Labute approximate surface area is 132 Å². The Morgan fingerprint density at radius 2 is 1.95 bits per heavy atom. The molecule has 5 nitrogen and oxygen atoms in total. The maximum Gasteiger partial charge on any atom is 0.188 e. The first-order valence-electron chi connectivity index (χ1n) is 6.76. The summed E-state index contributed by atoms with van der Waals surface area (Å²) in [6.45, 7) is 5.93. The minimum absolute atomic E-state index is 0.107. The molecule has 0 aliphatic carbocycles. The van der Waals surface area contributed by atoms with Crippen LogP contribution in [0.1, 0.15) is 13.8 Å². The predicted molar refractivity (Wildman–Crippen MR) is 87.8 cm³/mol. The van der Waals surface area contributed by atoms with Crippen LogP contribution in [-0.2, 0) is 0 Å². The topological polar surface area (TPSA) is 61.1 Å². The zero-order valence-corrected chi connectivity index (χ0v) is 13.6. The van der Waals surface area contributed by atoms with Crippen LogP contribution in [0.4, 0.5) is 17.2 Å². The summed E-state index contributed by atoms with van der Waals surface area (Å²) in [6.07, 6.45) is 1.64. The van der Waals surface area contributed by atoms with Crippen molar-refractivity contribution in [2.75, 3.05) is 18.0 Å². The Kier molecular flexibility index (Phi) is 5.27. The summed E-state index contributed by atoms with van der Waals surface area (Å²) >= 11 is 3.35. The van der Waals surface area contributed by atoms with Crippen molar-refractivity contribution in [3.05, 3.63) is 41.0 Å². The van der Waals surface area contributed by atoms with Gasteiger partial charge in [0.15, 0.2) is 5.82 Å². The van der Waals surface area contributed by atoms with Crippen LogP contribution in [0, 0.1) is 0 Å². The van der Waals surface area contributed by atoms with Crippen molar-refractivity contribution in [3.63, 3.8) is 0 Å². The number of nitrogens with zero attached hydrogens (tertiary/aromatic N) is 4. The van der Waals surface area contributed by atoms with Gasteiger partial charge in [-0.3, -0.25) is 0 Å². The minimum atomic E-state index is 0.107. The number of benzene rings is 1. The Balaban J connectivity index is 2.24. The van der Waals surface area contributed by atoms with Gasteiger partial charge in [0, 0.05) is 31.0 Å². The first kappa shape index (κ1) is 15.4. The molecule has 0 radical (unpaired) electrons. The van der Waals surface area contributed by atoms with Crippen LogP contribution in [0.2, 0.25) is 0 Å². The molecule has 0 amide bonds. The molecule has 1 heterocycles. The van der Waals surface area contributed by atoms with E-state index in [-0.39, 0.29) is 5.75 Å². The highest BCUT2D eigenvalue weighted by Gasteiger charge is 2.06. The molecular weight excluding hydrogens is 332 g/mol. The van der Waals surface area contributed by atoms with Gasteiger partial charge in [-0.05, 0) is 54.0 Å². The maximum absolute atomic E-state index is 10.1. The fourth-order valence-electron chi connectivity index (χ4n) is 1.93. The number of rotatable bonds is 5. The highest BCUT2D eigenvalue weighted by atomic mass is 79.9. The molecule has 0 spiro atoms. The highest BCUT2D eigenvalue weighted by molar-refractivity contribution is 9.10. The molecule has 0 aliphatic heterocycles. The first-order chi connectivity index (χ1) is 10.2. The number of halogens is 1. The summed E-state index contributed by atoms with van der Waals surface area (Å²) < 4.78 is 0.757. The lowest BCUT2D eigenvalue weighted by Crippen LogP contribution is -2.21. The van der Waals surface area contributed by atoms with Crippen molar-refractivity contribution >= 4 is 33.1 Å². The molecule has 0 bridgehead atoms. The second-order valence-electron chi connectivity index (χ2n) is 4.35. The Morgan fingerprint density at radius 1 is 1.19 bits per heavy atom. The minimum Gasteiger partial charge on any atom is -0.506 e. The van der Waals surface area contributed by atoms with Gasteiger partial charge in [-0.1, -0.05) is 0 Å². The molecule has 1 aromatic carbocycles. The van der Waals surface area contributed by atoms with Crippen molar-refractivity contribution in [2.24, 2.45) is 10.2 Å². The van der Waals surface area contributed by atoms with Gasteiger partial charge in [0.05, 0.1) is 4.47 Å². The van der Waals surface area contributed by atoms with Crippen molar-refractivity contribution in [2.45, 2.75) is 13.8 Å². The smallest absolute Gasteiger partial charge is 0.188 e. The molecule has 0 unspecified atom stereocenters. The van der Waals surface area contributed by atoms with E-state index in [2.05, 4.69) is 49.9 Å². The van der Waals surface area contributed by atoms with E-state index in [0.717, 1.165) is 23.2 Å². The molecule has 0 saturated carbocycles. The third kappa shape index (κ3) is 3.78. The van der Waals surface area contributed by atoms with Gasteiger partial charge in [0.2, 0.25) is 0 Å². The molecule has 6 heteroatoms. The second-order valence-corrected chi connectivity index (χ2v) is 5.21. The summed E-state index contributed by atoms with van der Waals surface area (Å²) in [5.41, 5.74) is 1.39. The molecule has 0 atom stereocenters. The van der Waals surface area contributed by atoms with Crippen molar-refractivity contribution in [1.82, 2.24) is 4.98 Å². The van der Waals surface area contributed by atoms with Crippen LogP contribution in [-0.4, -0.2) is 23.2 Å². The van der Waals surface area contributed by atoms with E-state index in [1.54, 1.807) is 24.4 Å². The van der Waals surface area contributed by atoms with Gasteiger partial charge in [-0.25, -0.2) is 4.98 Å². The summed E-state index contributed by atoms with van der Waals surface area (Å²) in [6, 6.07) is 9.02. The first-order valence-corrected chi connectivity index (χ1v) is 7.55. The fraction of sp³-hybridized carbons (Fsp3) is 0.267. The van der Waals surface area contributed by atoms with Crippen LogP contribution in [0.5, 0.6) is 5.75 Å². The molecule has 21 heavy (non-hydrogen) atoms. The van der Waals surface area contributed by atoms with Crippen molar-refractivity contribution in [1.29, 1.82) is 0 Å². The summed E-state index contributed by atoms with van der Waals surface area (Å²) in [4.78, 5) is 6.25. The normalized spacial score (nSPS) is 11.0. The number of phenolic OH excluding ortho intramolecular Hbond substituents is 1. The van der Waals surface area contributed by atoms with Crippen LogP contribution < -0.4 is 4.90 Å². The van der Waals surface area contributed by atoms with Crippen LogP contribution >= 0.6 is 15.9 Å². The lowest BCUT2D eigenvalue weighted by Gasteiger charge is -2.21. The number of aromatic hydroxyl groups is 1. The van der Waals surface area contributed by atoms with E-state index in [1.807, 2.05) is 12.1 Å². The number of phenols is 1. The zero-order chi connectivity index (χ0) is 15.2. The molecule has 0 fully saturated rings. The van der Waals surface area contributed by atoms with Gasteiger partial charge < -0.3 is 10.0 Å². The molecular formula is C15H17BrN4O. The zero-order valence-electron chi connectivity index (χ0n) is 12.0. The Bertz CT molecular complexity index is 641. The van der Waals surface area contributed by atoms with E-state index in [9.17, 15) is 5.11 Å². The van der Waals surface area contributed by atoms with Gasteiger partial charge in [-0.15, -0.1) is 10.2 Å². The van der Waals surface area contributed by atoms with Crippen LogP contribution in [0.25, 0.3) is 0 Å². The molecule has 2 aromatic rings. The molecule has 0 saturated heterocycles. The predicted octanol–water partition coefficient (Wildman–Crippen LogP) is 4.81. The van der Waals surface area contributed by atoms with Gasteiger partial charge in [0.25, 0.3) is 0 Å². The fourth-order valence-corrected chi connectivity index (χ4v) is 2.27. The monoisotopic (exact) mass is 348 g/mol. The van der Waals surface area contributed by atoms with E-state index < -0.39 is 0 Å². The number of anilines is 1. The average molecular weight is 349 g/mol. The number of hydrogen-bond acceptors (Lipinski definition) is 5. The molecule has 2 rings (SSSR count). The number of hydrogen-bond donors (Lipinski definition) is 1. The SMILES string of the molecule is CCN(CC)c1ccc(N=Nc2ncccc2Br)c(O)c1. The molecule has 1 aromatic heterocycles. The molecule has 1 N–H and O–H groups in total. The van der Waals surface area contributed by atoms with Gasteiger partial charge >= 0.3 is 0 Å². The highest BCUT2D eigenvalue weighted by Crippen LogP contribution is 2.32. The summed E-state index contributed by atoms with van der Waals surface area (Å²) in [7, 11) is 0.